The third-order valence-electron chi connectivity index (χ3n) is 2.80. The number of ether oxygens (including phenoxy) is 1. The topological polar surface area (TPSA) is 67.4 Å². The van der Waals surface area contributed by atoms with Gasteiger partial charge in [0.1, 0.15) is 17.6 Å². The number of rotatable bonds is 4. The summed E-state index contributed by atoms with van der Waals surface area (Å²) in [6.07, 6.45) is 1.48. The highest BCUT2D eigenvalue weighted by molar-refractivity contribution is 5.88. The van der Waals surface area contributed by atoms with Crippen molar-refractivity contribution in [2.75, 3.05) is 13.2 Å². The van der Waals surface area contributed by atoms with Gasteiger partial charge < -0.3 is 15.4 Å². The lowest BCUT2D eigenvalue weighted by Crippen LogP contribution is -2.51. The molecule has 0 spiro atoms. The van der Waals surface area contributed by atoms with Crippen molar-refractivity contribution >= 4 is 11.8 Å². The van der Waals surface area contributed by atoms with Gasteiger partial charge in [0.2, 0.25) is 5.91 Å². The van der Waals surface area contributed by atoms with Crippen molar-refractivity contribution in [2.24, 2.45) is 0 Å². The number of nitrogens with one attached hydrogen (secondary N) is 2. The Labute approximate surface area is 110 Å². The van der Waals surface area contributed by atoms with Gasteiger partial charge in [-0.15, -0.1) is 0 Å². The summed E-state index contributed by atoms with van der Waals surface area (Å²) in [4.78, 5) is 23.0. The van der Waals surface area contributed by atoms with E-state index in [1.54, 1.807) is 0 Å². The highest BCUT2D eigenvalue weighted by Gasteiger charge is 2.23. The lowest BCUT2D eigenvalue weighted by atomic mass is 10.1. The van der Waals surface area contributed by atoms with Crippen LogP contribution in [-0.2, 0) is 9.59 Å². The maximum atomic E-state index is 12.7. The fraction of sp³-hybridized carbons (Fsp3) is 0.385. The predicted octanol–water partition coefficient (Wildman–Crippen LogP) is 0.599. The van der Waals surface area contributed by atoms with E-state index in [1.165, 1.54) is 24.3 Å². The monoisotopic (exact) mass is 266 g/mol. The Morgan fingerprint density at radius 2 is 2.16 bits per heavy atom. The van der Waals surface area contributed by atoms with E-state index in [4.69, 9.17) is 4.74 Å². The van der Waals surface area contributed by atoms with Gasteiger partial charge in [0.15, 0.2) is 6.61 Å². The first kappa shape index (κ1) is 13.3. The van der Waals surface area contributed by atoms with Crippen molar-refractivity contribution in [2.45, 2.75) is 18.9 Å². The first-order valence-corrected chi connectivity index (χ1v) is 6.10. The van der Waals surface area contributed by atoms with Crippen molar-refractivity contribution < 1.29 is 18.7 Å². The largest absolute Gasteiger partial charge is 0.484 e. The molecule has 0 radical (unpaired) electrons. The molecule has 1 aromatic rings. The Hall–Kier alpha value is -2.11. The lowest BCUT2D eigenvalue weighted by molar-refractivity contribution is -0.131. The van der Waals surface area contributed by atoms with Gasteiger partial charge in [-0.1, -0.05) is 0 Å². The van der Waals surface area contributed by atoms with Crippen LogP contribution in [0.4, 0.5) is 4.39 Å². The molecule has 1 aliphatic heterocycles. The second kappa shape index (κ2) is 6.17. The molecule has 1 fully saturated rings. The highest BCUT2D eigenvalue weighted by Crippen LogP contribution is 2.10. The summed E-state index contributed by atoms with van der Waals surface area (Å²) in [7, 11) is 0. The molecule has 19 heavy (non-hydrogen) atoms. The maximum absolute atomic E-state index is 12.7. The molecule has 102 valence electrons. The van der Waals surface area contributed by atoms with Crippen LogP contribution in [-0.4, -0.2) is 31.0 Å². The van der Waals surface area contributed by atoms with Gasteiger partial charge >= 0.3 is 0 Å². The molecule has 6 heteroatoms. The summed E-state index contributed by atoms with van der Waals surface area (Å²) in [5.74, 6) is -0.493. The van der Waals surface area contributed by atoms with Crippen molar-refractivity contribution in [3.8, 4) is 5.75 Å². The summed E-state index contributed by atoms with van der Waals surface area (Å²) in [6.45, 7) is 0.451. The summed E-state index contributed by atoms with van der Waals surface area (Å²) in [6, 6.07) is 4.90. The maximum Gasteiger partial charge on any atom is 0.258 e. The van der Waals surface area contributed by atoms with E-state index in [-0.39, 0.29) is 24.2 Å². The quantitative estimate of drug-likeness (QED) is 0.838. The van der Waals surface area contributed by atoms with Crippen molar-refractivity contribution in [1.82, 2.24) is 10.6 Å². The fourth-order valence-corrected chi connectivity index (χ4v) is 1.83. The average molecular weight is 266 g/mol. The first-order chi connectivity index (χ1) is 9.15. The number of benzene rings is 1. The molecule has 1 heterocycles. The minimum atomic E-state index is -0.488. The molecule has 0 saturated carbocycles. The third kappa shape index (κ3) is 3.94. The van der Waals surface area contributed by atoms with Gasteiger partial charge in [-0.05, 0) is 37.1 Å². The molecule has 1 aliphatic rings. The molecular weight excluding hydrogens is 251 g/mol. The number of hydrogen-bond donors (Lipinski definition) is 2. The van der Waals surface area contributed by atoms with Crippen molar-refractivity contribution in [3.63, 3.8) is 0 Å². The Bertz CT molecular complexity index is 461. The number of carbonyl (C=O) groups excluding carboxylic acids is 2. The number of amides is 2. The van der Waals surface area contributed by atoms with Crippen LogP contribution in [0.5, 0.6) is 5.75 Å². The highest BCUT2D eigenvalue weighted by atomic mass is 19.1. The Balaban J connectivity index is 1.78. The minimum Gasteiger partial charge on any atom is -0.484 e. The molecule has 1 saturated heterocycles. The number of piperidine rings is 1. The zero-order chi connectivity index (χ0) is 13.7. The van der Waals surface area contributed by atoms with Gasteiger partial charge in [0.05, 0.1) is 0 Å². The average Bonchev–Trinajstić information content (AvgIpc) is 2.41. The van der Waals surface area contributed by atoms with Crippen LogP contribution in [0.2, 0.25) is 0 Å². The molecule has 0 bridgehead atoms. The molecular formula is C13H15FN2O3. The Kier molecular flexibility index (Phi) is 4.33. The molecule has 0 aliphatic carbocycles. The van der Waals surface area contributed by atoms with E-state index >= 15 is 0 Å². The normalized spacial score (nSPS) is 18.6. The van der Waals surface area contributed by atoms with Crippen LogP contribution in [0.1, 0.15) is 12.8 Å². The first-order valence-electron chi connectivity index (χ1n) is 6.10. The summed E-state index contributed by atoms with van der Waals surface area (Å²) >= 11 is 0. The van der Waals surface area contributed by atoms with Gasteiger partial charge in [0, 0.05) is 6.54 Å². The Morgan fingerprint density at radius 1 is 1.42 bits per heavy atom. The smallest absolute Gasteiger partial charge is 0.258 e. The van der Waals surface area contributed by atoms with E-state index < -0.39 is 6.04 Å². The van der Waals surface area contributed by atoms with E-state index in [1.807, 2.05) is 0 Å². The van der Waals surface area contributed by atoms with Crippen LogP contribution in [0, 0.1) is 5.82 Å². The van der Waals surface area contributed by atoms with Crippen LogP contribution in [0.3, 0.4) is 0 Å². The zero-order valence-corrected chi connectivity index (χ0v) is 10.3. The lowest BCUT2D eigenvalue weighted by Gasteiger charge is -2.22. The van der Waals surface area contributed by atoms with Gasteiger partial charge in [-0.25, -0.2) is 4.39 Å². The second-order valence-electron chi connectivity index (χ2n) is 4.30. The van der Waals surface area contributed by atoms with E-state index in [2.05, 4.69) is 10.6 Å². The Morgan fingerprint density at radius 3 is 2.84 bits per heavy atom. The van der Waals surface area contributed by atoms with Crippen LogP contribution in [0.25, 0.3) is 0 Å². The molecule has 2 amide bonds. The molecule has 1 aromatic carbocycles. The standard InChI is InChI=1S/C13H15FN2O3/c14-9-3-5-10(6-4-9)19-8-12(17)16-11-2-1-7-15-13(11)18/h3-6,11H,1-2,7-8H2,(H,15,18)(H,16,17)/t11-/m1/s1. The van der Waals surface area contributed by atoms with Crippen LogP contribution >= 0.6 is 0 Å². The summed E-state index contributed by atoms with van der Waals surface area (Å²) < 4.78 is 17.8. The number of hydrogen-bond acceptors (Lipinski definition) is 3. The molecule has 0 unspecified atom stereocenters. The van der Waals surface area contributed by atoms with Gasteiger partial charge in [-0.3, -0.25) is 9.59 Å². The number of carbonyl (C=O) groups is 2. The van der Waals surface area contributed by atoms with E-state index in [0.717, 1.165) is 6.42 Å². The molecule has 2 rings (SSSR count). The van der Waals surface area contributed by atoms with E-state index in [0.29, 0.717) is 18.7 Å². The SMILES string of the molecule is O=C(COc1ccc(F)cc1)N[C@@H]1CCCNC1=O. The summed E-state index contributed by atoms with van der Waals surface area (Å²) in [5, 5.41) is 5.28. The molecule has 1 atom stereocenters. The van der Waals surface area contributed by atoms with Crippen molar-refractivity contribution in [3.05, 3.63) is 30.1 Å². The van der Waals surface area contributed by atoms with Gasteiger partial charge in [0.25, 0.3) is 5.91 Å². The van der Waals surface area contributed by atoms with Crippen LogP contribution in [0.15, 0.2) is 24.3 Å². The van der Waals surface area contributed by atoms with E-state index in [9.17, 15) is 14.0 Å². The number of halogens is 1. The molecule has 2 N–H and O–H groups in total. The minimum absolute atomic E-state index is 0.165. The van der Waals surface area contributed by atoms with Crippen molar-refractivity contribution in [1.29, 1.82) is 0 Å². The van der Waals surface area contributed by atoms with Gasteiger partial charge in [-0.2, -0.15) is 0 Å². The fourth-order valence-electron chi connectivity index (χ4n) is 1.83. The second-order valence-corrected chi connectivity index (χ2v) is 4.30. The predicted molar refractivity (Wildman–Crippen MR) is 66.1 cm³/mol. The summed E-state index contributed by atoms with van der Waals surface area (Å²) in [5.41, 5.74) is 0. The van der Waals surface area contributed by atoms with Crippen LogP contribution < -0.4 is 15.4 Å². The molecule has 5 nitrogen and oxygen atoms in total. The molecule has 0 aromatic heterocycles. The third-order valence-corrected chi connectivity index (χ3v) is 2.80. The zero-order valence-electron chi connectivity index (χ0n) is 10.3.